The van der Waals surface area contributed by atoms with E-state index in [-0.39, 0.29) is 0 Å². The van der Waals surface area contributed by atoms with E-state index in [1.54, 1.807) is 0 Å². The fourth-order valence-corrected chi connectivity index (χ4v) is 1.91. The zero-order chi connectivity index (χ0) is 9.10. The van der Waals surface area contributed by atoms with Crippen molar-refractivity contribution in [1.82, 2.24) is 10.2 Å². The minimum absolute atomic E-state index is 1.09. The summed E-state index contributed by atoms with van der Waals surface area (Å²) in [6, 6.07) is 6.45. The predicted octanol–water partition coefficient (Wildman–Crippen LogP) is 2.82. The first-order valence-electron chi connectivity index (χ1n) is 4.40. The Morgan fingerprint density at radius 1 is 1.46 bits per heavy atom. The van der Waals surface area contributed by atoms with E-state index in [4.69, 9.17) is 0 Å². The fraction of sp³-hybridized carbons (Fsp3) is 0.300. The van der Waals surface area contributed by atoms with E-state index in [2.05, 4.69) is 35.3 Å². The first kappa shape index (κ1) is 8.63. The van der Waals surface area contributed by atoms with Gasteiger partial charge < -0.3 is 0 Å². The van der Waals surface area contributed by atoms with E-state index in [9.17, 15) is 0 Å². The van der Waals surface area contributed by atoms with Crippen LogP contribution in [-0.2, 0) is 5.75 Å². The molecule has 0 atom stereocenters. The van der Waals surface area contributed by atoms with Gasteiger partial charge >= 0.3 is 0 Å². The molecule has 2 rings (SSSR count). The van der Waals surface area contributed by atoms with E-state index in [1.807, 2.05) is 18.0 Å². The van der Waals surface area contributed by atoms with Gasteiger partial charge in [0.1, 0.15) is 0 Å². The molecule has 3 heteroatoms. The van der Waals surface area contributed by atoms with Crippen molar-refractivity contribution in [1.29, 1.82) is 0 Å². The molecule has 2 aromatic rings. The van der Waals surface area contributed by atoms with Gasteiger partial charge in [0.15, 0.2) is 0 Å². The Hall–Kier alpha value is -0.960. The zero-order valence-electron chi connectivity index (χ0n) is 7.58. The Morgan fingerprint density at radius 3 is 3.23 bits per heavy atom. The standard InChI is InChI=1S/C10H12N2S/c1-2-13-7-8-3-4-9-6-11-12-10(9)5-8/h3-6H,2,7H2,1H3,(H,11,12). The summed E-state index contributed by atoms with van der Waals surface area (Å²) < 4.78 is 0. The van der Waals surface area contributed by atoms with Gasteiger partial charge in [-0.2, -0.15) is 16.9 Å². The Kier molecular flexibility index (Phi) is 2.54. The highest BCUT2D eigenvalue weighted by molar-refractivity contribution is 7.98. The van der Waals surface area contributed by atoms with Crippen LogP contribution in [0, 0.1) is 0 Å². The average molecular weight is 192 g/mol. The van der Waals surface area contributed by atoms with Crippen molar-refractivity contribution in [3.05, 3.63) is 30.0 Å². The van der Waals surface area contributed by atoms with Crippen molar-refractivity contribution in [3.8, 4) is 0 Å². The maximum Gasteiger partial charge on any atom is 0.0653 e. The van der Waals surface area contributed by atoms with Crippen molar-refractivity contribution < 1.29 is 0 Å². The molecule has 0 radical (unpaired) electrons. The number of nitrogens with zero attached hydrogens (tertiary/aromatic N) is 1. The third-order valence-electron chi connectivity index (χ3n) is 1.98. The maximum atomic E-state index is 3.99. The molecule has 1 aromatic carbocycles. The van der Waals surface area contributed by atoms with Gasteiger partial charge in [-0.1, -0.05) is 19.1 Å². The van der Waals surface area contributed by atoms with Crippen molar-refractivity contribution in [3.63, 3.8) is 0 Å². The van der Waals surface area contributed by atoms with Gasteiger partial charge in [-0.3, -0.25) is 5.10 Å². The number of rotatable bonds is 3. The maximum absolute atomic E-state index is 3.99. The first-order chi connectivity index (χ1) is 6.40. The van der Waals surface area contributed by atoms with Gasteiger partial charge in [-0.25, -0.2) is 0 Å². The van der Waals surface area contributed by atoms with Crippen LogP contribution in [0.25, 0.3) is 10.9 Å². The lowest BCUT2D eigenvalue weighted by Gasteiger charge is -1.98. The number of benzene rings is 1. The summed E-state index contributed by atoms with van der Waals surface area (Å²) >= 11 is 1.94. The monoisotopic (exact) mass is 192 g/mol. The second kappa shape index (κ2) is 3.83. The molecular weight excluding hydrogens is 180 g/mol. The van der Waals surface area contributed by atoms with Gasteiger partial charge in [0.05, 0.1) is 11.7 Å². The molecule has 0 unspecified atom stereocenters. The fourth-order valence-electron chi connectivity index (χ4n) is 1.29. The summed E-state index contributed by atoms with van der Waals surface area (Å²) in [7, 11) is 0. The number of H-pyrrole nitrogens is 1. The SMILES string of the molecule is CCSCc1ccc2cn[nH]c2c1. The number of hydrogen-bond donors (Lipinski definition) is 1. The number of aromatic nitrogens is 2. The third kappa shape index (κ3) is 1.86. The molecule has 0 aliphatic rings. The summed E-state index contributed by atoms with van der Waals surface area (Å²) in [5, 5.41) is 8.15. The highest BCUT2D eigenvalue weighted by Crippen LogP contribution is 2.17. The summed E-state index contributed by atoms with van der Waals surface area (Å²) in [6.45, 7) is 2.18. The van der Waals surface area contributed by atoms with E-state index in [0.717, 1.165) is 11.3 Å². The average Bonchev–Trinajstić information content (AvgIpc) is 2.61. The van der Waals surface area contributed by atoms with Gasteiger partial charge in [0, 0.05) is 11.1 Å². The third-order valence-corrected chi connectivity index (χ3v) is 2.92. The molecule has 0 fully saturated rings. The molecule has 1 N–H and O–H groups in total. The number of hydrogen-bond acceptors (Lipinski definition) is 2. The van der Waals surface area contributed by atoms with Crippen LogP contribution in [0.1, 0.15) is 12.5 Å². The lowest BCUT2D eigenvalue weighted by Crippen LogP contribution is -1.80. The smallest absolute Gasteiger partial charge is 0.0653 e. The molecule has 0 spiro atoms. The summed E-state index contributed by atoms with van der Waals surface area (Å²) in [5.74, 6) is 2.26. The van der Waals surface area contributed by atoms with Crippen molar-refractivity contribution >= 4 is 22.7 Å². The minimum Gasteiger partial charge on any atom is -0.278 e. The number of aromatic amines is 1. The number of fused-ring (bicyclic) bond motifs is 1. The molecule has 0 bridgehead atoms. The van der Waals surface area contributed by atoms with Crippen LogP contribution in [0.4, 0.5) is 0 Å². The van der Waals surface area contributed by atoms with Crippen molar-refractivity contribution in [2.75, 3.05) is 5.75 Å². The molecule has 0 saturated heterocycles. The topological polar surface area (TPSA) is 28.7 Å². The second-order valence-electron chi connectivity index (χ2n) is 2.93. The summed E-state index contributed by atoms with van der Waals surface area (Å²) in [5.41, 5.74) is 2.50. The van der Waals surface area contributed by atoms with Crippen LogP contribution in [0.5, 0.6) is 0 Å². The van der Waals surface area contributed by atoms with E-state index in [1.165, 1.54) is 16.7 Å². The quantitative estimate of drug-likeness (QED) is 0.810. The molecule has 0 aliphatic carbocycles. The zero-order valence-corrected chi connectivity index (χ0v) is 8.40. The Bertz CT molecular complexity index is 394. The van der Waals surface area contributed by atoms with Gasteiger partial charge in [0.2, 0.25) is 0 Å². The van der Waals surface area contributed by atoms with Gasteiger partial charge in [-0.15, -0.1) is 0 Å². The molecule has 0 saturated carbocycles. The van der Waals surface area contributed by atoms with Gasteiger partial charge in [0.25, 0.3) is 0 Å². The second-order valence-corrected chi connectivity index (χ2v) is 4.20. The highest BCUT2D eigenvalue weighted by Gasteiger charge is 1.97. The Labute approximate surface area is 81.7 Å². The molecule has 1 heterocycles. The molecule has 13 heavy (non-hydrogen) atoms. The summed E-state index contributed by atoms with van der Waals surface area (Å²) in [6.07, 6.45) is 1.85. The number of nitrogens with one attached hydrogen (secondary N) is 1. The molecule has 0 aliphatic heterocycles. The molecule has 0 amide bonds. The molecule has 1 aromatic heterocycles. The predicted molar refractivity (Wildman–Crippen MR) is 57.9 cm³/mol. The van der Waals surface area contributed by atoms with Gasteiger partial charge in [-0.05, 0) is 17.4 Å². The summed E-state index contributed by atoms with van der Waals surface area (Å²) in [4.78, 5) is 0. The molecular formula is C10H12N2S. The van der Waals surface area contributed by atoms with E-state index >= 15 is 0 Å². The van der Waals surface area contributed by atoms with Crippen molar-refractivity contribution in [2.45, 2.75) is 12.7 Å². The largest absolute Gasteiger partial charge is 0.278 e. The van der Waals surface area contributed by atoms with Crippen LogP contribution in [0.15, 0.2) is 24.4 Å². The van der Waals surface area contributed by atoms with Crippen LogP contribution in [0.3, 0.4) is 0 Å². The first-order valence-corrected chi connectivity index (χ1v) is 5.55. The Balaban J connectivity index is 2.26. The van der Waals surface area contributed by atoms with Crippen LogP contribution >= 0.6 is 11.8 Å². The van der Waals surface area contributed by atoms with Crippen molar-refractivity contribution in [2.24, 2.45) is 0 Å². The van der Waals surface area contributed by atoms with Crippen LogP contribution in [-0.4, -0.2) is 16.0 Å². The molecule has 2 nitrogen and oxygen atoms in total. The van der Waals surface area contributed by atoms with E-state index in [0.29, 0.717) is 0 Å². The minimum atomic E-state index is 1.09. The van der Waals surface area contributed by atoms with E-state index < -0.39 is 0 Å². The Morgan fingerprint density at radius 2 is 2.38 bits per heavy atom. The lowest BCUT2D eigenvalue weighted by atomic mass is 10.2. The number of thioether (sulfide) groups is 1. The highest BCUT2D eigenvalue weighted by atomic mass is 32.2. The normalized spacial score (nSPS) is 10.8. The van der Waals surface area contributed by atoms with Crippen LogP contribution < -0.4 is 0 Å². The van der Waals surface area contributed by atoms with Crippen LogP contribution in [0.2, 0.25) is 0 Å². The lowest BCUT2D eigenvalue weighted by molar-refractivity contribution is 1.12. The molecule has 68 valence electrons.